The molecule has 0 bridgehead atoms. The van der Waals surface area contributed by atoms with Crippen LogP contribution >= 0.6 is 11.6 Å². The summed E-state index contributed by atoms with van der Waals surface area (Å²) >= 11 is 6.37. The molecule has 28 heavy (non-hydrogen) atoms. The summed E-state index contributed by atoms with van der Waals surface area (Å²) in [6.45, 7) is 8.78. The van der Waals surface area contributed by atoms with Crippen LogP contribution in [0.4, 0.5) is 5.69 Å². The number of benzene rings is 1. The molecule has 4 nitrogen and oxygen atoms in total. The Morgan fingerprint density at radius 2 is 1.82 bits per heavy atom. The lowest BCUT2D eigenvalue weighted by molar-refractivity contribution is -0.0251. The average molecular weight is 400 g/mol. The van der Waals surface area contributed by atoms with E-state index in [1.54, 1.807) is 0 Å². The minimum absolute atomic E-state index is 0.201. The van der Waals surface area contributed by atoms with Gasteiger partial charge < -0.3 is 10.0 Å². The number of hydrogen-bond acceptors (Lipinski definition) is 4. The number of pyridine rings is 1. The summed E-state index contributed by atoms with van der Waals surface area (Å²) in [7, 11) is 0. The van der Waals surface area contributed by atoms with Gasteiger partial charge in [0, 0.05) is 54.8 Å². The van der Waals surface area contributed by atoms with E-state index in [1.807, 2.05) is 18.2 Å². The van der Waals surface area contributed by atoms with Crippen LogP contribution in [-0.4, -0.2) is 47.3 Å². The van der Waals surface area contributed by atoms with Gasteiger partial charge >= 0.3 is 0 Å². The van der Waals surface area contributed by atoms with Crippen LogP contribution in [0.1, 0.15) is 36.2 Å². The van der Waals surface area contributed by atoms with E-state index in [4.69, 9.17) is 11.6 Å². The molecule has 0 radical (unpaired) electrons. The van der Waals surface area contributed by atoms with Crippen molar-refractivity contribution in [2.45, 2.75) is 45.8 Å². The smallest absolute Gasteiger partial charge is 0.0673 e. The SMILES string of the molecule is Cc1cc(N2CCC3(CC2)CC(O)CN(Cc2ccccc2Cl)C3)cc(C)n1. The highest BCUT2D eigenvalue weighted by atomic mass is 35.5. The van der Waals surface area contributed by atoms with E-state index in [2.05, 4.69) is 46.8 Å². The summed E-state index contributed by atoms with van der Waals surface area (Å²) in [6, 6.07) is 12.4. The number of nitrogens with zero attached hydrogens (tertiary/aromatic N) is 3. The number of rotatable bonds is 3. The number of aromatic nitrogens is 1. The molecular weight excluding hydrogens is 370 g/mol. The highest BCUT2D eigenvalue weighted by Gasteiger charge is 2.41. The zero-order valence-corrected chi connectivity index (χ0v) is 17.6. The number of likely N-dealkylation sites (tertiary alicyclic amines) is 1. The van der Waals surface area contributed by atoms with Crippen LogP contribution in [0.5, 0.6) is 0 Å². The molecule has 2 saturated heterocycles. The molecule has 1 spiro atoms. The average Bonchev–Trinajstić information content (AvgIpc) is 2.63. The van der Waals surface area contributed by atoms with E-state index in [1.165, 1.54) is 5.69 Å². The minimum Gasteiger partial charge on any atom is -0.392 e. The van der Waals surface area contributed by atoms with Crippen molar-refractivity contribution >= 4 is 17.3 Å². The molecule has 1 aromatic carbocycles. The molecule has 1 unspecified atom stereocenters. The van der Waals surface area contributed by atoms with Crippen LogP contribution in [0.3, 0.4) is 0 Å². The summed E-state index contributed by atoms with van der Waals surface area (Å²) in [5, 5.41) is 11.4. The Balaban J connectivity index is 1.44. The Morgan fingerprint density at radius 1 is 1.14 bits per heavy atom. The molecular formula is C23H30ClN3O. The second-order valence-electron chi connectivity index (χ2n) is 8.71. The molecule has 0 amide bonds. The van der Waals surface area contributed by atoms with E-state index >= 15 is 0 Å². The van der Waals surface area contributed by atoms with Crippen molar-refractivity contribution in [1.82, 2.24) is 9.88 Å². The van der Waals surface area contributed by atoms with Crippen molar-refractivity contribution < 1.29 is 5.11 Å². The van der Waals surface area contributed by atoms with E-state index < -0.39 is 0 Å². The second kappa shape index (κ2) is 8.02. The van der Waals surface area contributed by atoms with Crippen LogP contribution < -0.4 is 4.90 Å². The highest BCUT2D eigenvalue weighted by Crippen LogP contribution is 2.41. The topological polar surface area (TPSA) is 39.6 Å². The summed E-state index contributed by atoms with van der Waals surface area (Å²) < 4.78 is 0. The van der Waals surface area contributed by atoms with Crippen molar-refractivity contribution in [1.29, 1.82) is 0 Å². The number of aryl methyl sites for hydroxylation is 2. The number of anilines is 1. The fraction of sp³-hybridized carbons (Fsp3) is 0.522. The molecule has 5 heteroatoms. The first kappa shape index (κ1) is 19.7. The number of aliphatic hydroxyl groups excluding tert-OH is 1. The number of piperidine rings is 2. The monoisotopic (exact) mass is 399 g/mol. The molecule has 4 rings (SSSR count). The van der Waals surface area contributed by atoms with Crippen LogP contribution in [0, 0.1) is 19.3 Å². The maximum absolute atomic E-state index is 10.6. The lowest BCUT2D eigenvalue weighted by Gasteiger charge is -2.49. The Labute approximate surface area is 173 Å². The van der Waals surface area contributed by atoms with Crippen molar-refractivity contribution in [3.63, 3.8) is 0 Å². The highest BCUT2D eigenvalue weighted by molar-refractivity contribution is 6.31. The van der Waals surface area contributed by atoms with E-state index in [9.17, 15) is 5.11 Å². The van der Waals surface area contributed by atoms with Gasteiger partial charge in [-0.3, -0.25) is 9.88 Å². The van der Waals surface area contributed by atoms with Crippen molar-refractivity contribution in [2.75, 3.05) is 31.1 Å². The van der Waals surface area contributed by atoms with Gasteiger partial charge in [-0.2, -0.15) is 0 Å². The van der Waals surface area contributed by atoms with Gasteiger partial charge in [0.05, 0.1) is 6.10 Å². The molecule has 3 heterocycles. The summed E-state index contributed by atoms with van der Waals surface area (Å²) in [6.07, 6.45) is 2.88. The van der Waals surface area contributed by atoms with Gasteiger partial charge in [0.15, 0.2) is 0 Å². The quantitative estimate of drug-likeness (QED) is 0.839. The van der Waals surface area contributed by atoms with Crippen LogP contribution in [0.2, 0.25) is 5.02 Å². The maximum Gasteiger partial charge on any atom is 0.0673 e. The normalized spacial score (nSPS) is 22.6. The van der Waals surface area contributed by atoms with E-state index in [0.29, 0.717) is 0 Å². The van der Waals surface area contributed by atoms with Crippen LogP contribution in [0.25, 0.3) is 0 Å². The van der Waals surface area contributed by atoms with Crippen LogP contribution in [-0.2, 0) is 6.54 Å². The van der Waals surface area contributed by atoms with Gasteiger partial charge in [-0.05, 0) is 62.3 Å². The first-order valence-electron chi connectivity index (χ1n) is 10.3. The van der Waals surface area contributed by atoms with Gasteiger partial charge in [0.2, 0.25) is 0 Å². The predicted molar refractivity (Wildman–Crippen MR) is 115 cm³/mol. The standard InChI is InChI=1S/C23H30ClN3O/c1-17-11-20(12-18(2)25-17)27-9-7-23(8-10-27)13-21(28)15-26(16-23)14-19-5-3-4-6-22(19)24/h3-6,11-12,21,28H,7-10,13-16H2,1-2H3. The van der Waals surface area contributed by atoms with Crippen LogP contribution in [0.15, 0.2) is 36.4 Å². The zero-order valence-electron chi connectivity index (χ0n) is 16.9. The fourth-order valence-corrected chi connectivity index (χ4v) is 5.25. The first-order chi connectivity index (χ1) is 13.4. The van der Waals surface area contributed by atoms with Gasteiger partial charge in [0.25, 0.3) is 0 Å². The predicted octanol–water partition coefficient (Wildman–Crippen LogP) is 4.21. The number of aliphatic hydroxyl groups is 1. The molecule has 1 atom stereocenters. The molecule has 1 N–H and O–H groups in total. The molecule has 2 aliphatic rings. The van der Waals surface area contributed by atoms with Gasteiger partial charge in [-0.1, -0.05) is 29.8 Å². The molecule has 2 aromatic rings. The number of β-amino-alcohol motifs (C(OH)–C–C–N with tert-alkyl or cyclic N) is 1. The van der Waals surface area contributed by atoms with Crippen molar-refractivity contribution in [3.05, 3.63) is 58.4 Å². The van der Waals surface area contributed by atoms with Crippen molar-refractivity contribution in [2.24, 2.45) is 5.41 Å². The zero-order chi connectivity index (χ0) is 19.7. The first-order valence-corrected chi connectivity index (χ1v) is 10.6. The minimum atomic E-state index is -0.256. The summed E-state index contributed by atoms with van der Waals surface area (Å²) in [4.78, 5) is 9.38. The largest absolute Gasteiger partial charge is 0.392 e. The van der Waals surface area contributed by atoms with E-state index in [-0.39, 0.29) is 11.5 Å². The Morgan fingerprint density at radius 3 is 2.50 bits per heavy atom. The third kappa shape index (κ3) is 4.35. The van der Waals surface area contributed by atoms with Gasteiger partial charge in [-0.25, -0.2) is 0 Å². The Bertz CT molecular complexity index is 812. The van der Waals surface area contributed by atoms with E-state index in [0.717, 1.165) is 74.0 Å². The summed E-state index contributed by atoms with van der Waals surface area (Å²) in [5.74, 6) is 0. The fourth-order valence-electron chi connectivity index (χ4n) is 5.05. The Kier molecular flexibility index (Phi) is 5.64. The van der Waals surface area contributed by atoms with Gasteiger partial charge in [-0.15, -0.1) is 0 Å². The lowest BCUT2D eigenvalue weighted by Crippen LogP contribution is -2.53. The second-order valence-corrected chi connectivity index (χ2v) is 9.12. The summed E-state index contributed by atoms with van der Waals surface area (Å²) in [5.41, 5.74) is 4.79. The van der Waals surface area contributed by atoms with Gasteiger partial charge in [0.1, 0.15) is 0 Å². The third-order valence-corrected chi connectivity index (χ3v) is 6.67. The molecule has 2 fully saturated rings. The molecule has 1 aromatic heterocycles. The molecule has 0 saturated carbocycles. The maximum atomic E-state index is 10.6. The van der Waals surface area contributed by atoms with Crippen molar-refractivity contribution in [3.8, 4) is 0 Å². The third-order valence-electron chi connectivity index (χ3n) is 6.30. The number of halogens is 1. The molecule has 0 aliphatic carbocycles. The number of hydrogen-bond donors (Lipinski definition) is 1. The molecule has 2 aliphatic heterocycles. The lowest BCUT2D eigenvalue weighted by atomic mass is 9.71. The molecule has 150 valence electrons. The Hall–Kier alpha value is -1.62.